The van der Waals surface area contributed by atoms with Gasteiger partial charge < -0.3 is 5.73 Å². The van der Waals surface area contributed by atoms with Crippen LogP contribution in [0.5, 0.6) is 0 Å². The van der Waals surface area contributed by atoms with Crippen molar-refractivity contribution in [3.05, 3.63) is 24.5 Å². The second-order valence-electron chi connectivity index (χ2n) is 1.22. The Morgan fingerprint density at radius 3 is 3.00 bits per heavy atom. The number of nitrogens with zero attached hydrogens (tertiary/aromatic N) is 1. The third kappa shape index (κ3) is 0.892. The summed E-state index contributed by atoms with van der Waals surface area (Å²) in [4.78, 5) is 3.63. The molecule has 0 aliphatic carbocycles. The average Bonchev–Trinajstić information content (AvgIpc) is 1.64. The largest absolute Gasteiger partial charge is 0.399 e. The van der Waals surface area contributed by atoms with E-state index in [-0.39, 0.29) is 6.17 Å². The fourth-order valence-electron chi connectivity index (χ4n) is 0.326. The number of nitrogen functional groups attached to an aromatic ring is 1. The highest BCUT2D eigenvalue weighted by molar-refractivity contribution is 5.33. The summed E-state index contributed by atoms with van der Waals surface area (Å²) < 4.78 is 6.94. The van der Waals surface area contributed by atoms with E-state index in [1.165, 1.54) is 12.3 Å². The highest BCUT2D eigenvalue weighted by Crippen LogP contribution is 1.92. The van der Waals surface area contributed by atoms with Crippen LogP contribution in [0.3, 0.4) is 0 Å². The second kappa shape index (κ2) is 1.60. The van der Waals surface area contributed by atoms with Crippen LogP contribution in [0.1, 0.15) is 1.37 Å². The summed E-state index contributed by atoms with van der Waals surface area (Å²) in [6, 6.07) is 3.15. The van der Waals surface area contributed by atoms with Crippen LogP contribution in [0.15, 0.2) is 24.5 Å². The van der Waals surface area contributed by atoms with Crippen LogP contribution in [0.4, 0.5) is 5.69 Å². The van der Waals surface area contributed by atoms with Crippen molar-refractivity contribution in [2.45, 2.75) is 0 Å². The molecule has 0 aliphatic rings. The summed E-state index contributed by atoms with van der Waals surface area (Å²) >= 11 is 0. The van der Waals surface area contributed by atoms with E-state index in [0.717, 1.165) is 0 Å². The Morgan fingerprint density at radius 2 is 2.57 bits per heavy atom. The lowest BCUT2D eigenvalue weighted by atomic mass is 10.4. The van der Waals surface area contributed by atoms with Crippen molar-refractivity contribution in [2.24, 2.45) is 0 Å². The topological polar surface area (TPSA) is 38.9 Å². The summed E-state index contributed by atoms with van der Waals surface area (Å²) in [6.07, 6.45) is 1.72. The molecule has 2 nitrogen and oxygen atoms in total. The molecule has 0 amide bonds. The highest BCUT2D eigenvalue weighted by atomic mass is 14.6. The molecule has 0 fully saturated rings. The van der Waals surface area contributed by atoms with Crippen LogP contribution < -0.4 is 5.73 Å². The molecule has 2 heteroatoms. The molecule has 7 heavy (non-hydrogen) atoms. The van der Waals surface area contributed by atoms with Crippen LogP contribution in [-0.2, 0) is 0 Å². The van der Waals surface area contributed by atoms with Gasteiger partial charge in [0, 0.05) is 18.1 Å². The fraction of sp³-hybridized carbons (Fsp3) is 0. The van der Waals surface area contributed by atoms with Gasteiger partial charge in [-0.3, -0.25) is 4.98 Å². The van der Waals surface area contributed by atoms with Gasteiger partial charge >= 0.3 is 0 Å². The molecule has 1 rings (SSSR count). The SMILES string of the molecule is [2H]c1cc(N)ccn1. The monoisotopic (exact) mass is 95.1 g/mol. The minimum Gasteiger partial charge on any atom is -0.399 e. The first-order valence-corrected chi connectivity index (χ1v) is 1.97. The van der Waals surface area contributed by atoms with E-state index in [1.54, 1.807) is 6.07 Å². The van der Waals surface area contributed by atoms with Gasteiger partial charge in [-0.1, -0.05) is 0 Å². The number of hydrogen-bond acceptors (Lipinski definition) is 2. The molecule has 0 spiro atoms. The van der Waals surface area contributed by atoms with Gasteiger partial charge in [0.05, 0.1) is 1.37 Å². The fourth-order valence-corrected chi connectivity index (χ4v) is 0.326. The highest BCUT2D eigenvalue weighted by Gasteiger charge is 1.73. The zero-order chi connectivity index (χ0) is 5.98. The first-order chi connectivity index (χ1) is 3.79. The lowest BCUT2D eigenvalue weighted by molar-refractivity contribution is 1.33. The third-order valence-corrected chi connectivity index (χ3v) is 0.647. The molecule has 0 saturated carbocycles. The second-order valence-corrected chi connectivity index (χ2v) is 1.22. The van der Waals surface area contributed by atoms with Gasteiger partial charge in [-0.05, 0) is 12.1 Å². The smallest absolute Gasteiger partial charge is 0.0841 e. The van der Waals surface area contributed by atoms with E-state index >= 15 is 0 Å². The van der Waals surface area contributed by atoms with Crippen LogP contribution in [-0.4, -0.2) is 4.98 Å². The molecule has 0 unspecified atom stereocenters. The number of nitrogens with two attached hydrogens (primary N) is 1. The van der Waals surface area contributed by atoms with Crippen LogP contribution in [0.25, 0.3) is 0 Å². The summed E-state index contributed by atoms with van der Waals surface area (Å²) in [6.45, 7) is 0. The van der Waals surface area contributed by atoms with Crippen LogP contribution in [0, 0.1) is 0 Å². The van der Waals surface area contributed by atoms with Crippen molar-refractivity contribution in [3.63, 3.8) is 0 Å². The summed E-state index contributed by atoms with van der Waals surface area (Å²) in [5.41, 5.74) is 5.89. The molecule has 0 atom stereocenters. The first-order valence-electron chi connectivity index (χ1n) is 2.47. The van der Waals surface area contributed by atoms with Crippen molar-refractivity contribution in [1.82, 2.24) is 4.98 Å². The number of pyridine rings is 1. The lowest BCUT2D eigenvalue weighted by Crippen LogP contribution is -1.81. The standard InChI is InChI=1S/C5H6N2/c6-5-1-3-7-4-2-5/h1-4H,(H2,6,7)/i3D. The molecule has 1 aromatic heterocycles. The molecule has 0 aliphatic heterocycles. The molecule has 0 aromatic carbocycles. The molecule has 36 valence electrons. The van der Waals surface area contributed by atoms with E-state index < -0.39 is 0 Å². The Hall–Kier alpha value is -1.05. The van der Waals surface area contributed by atoms with E-state index in [9.17, 15) is 0 Å². The molecule has 2 N–H and O–H groups in total. The van der Waals surface area contributed by atoms with E-state index in [1.807, 2.05) is 0 Å². The van der Waals surface area contributed by atoms with Crippen molar-refractivity contribution in [3.8, 4) is 0 Å². The minimum atomic E-state index is 0.213. The third-order valence-electron chi connectivity index (χ3n) is 0.647. The predicted octanol–water partition coefficient (Wildman–Crippen LogP) is 0.664. The van der Waals surface area contributed by atoms with Gasteiger partial charge in [-0.2, -0.15) is 0 Å². The maximum Gasteiger partial charge on any atom is 0.0841 e. The zero-order valence-electron chi connectivity index (χ0n) is 4.76. The predicted molar refractivity (Wildman–Crippen MR) is 28.6 cm³/mol. The van der Waals surface area contributed by atoms with Gasteiger partial charge in [-0.25, -0.2) is 0 Å². The number of aromatic nitrogens is 1. The van der Waals surface area contributed by atoms with Crippen molar-refractivity contribution in [2.75, 3.05) is 5.73 Å². The zero-order valence-corrected chi connectivity index (χ0v) is 3.76. The molecular formula is C5H6N2. The van der Waals surface area contributed by atoms with E-state index in [0.29, 0.717) is 5.69 Å². The Morgan fingerprint density at radius 1 is 1.71 bits per heavy atom. The molecule has 1 aromatic rings. The van der Waals surface area contributed by atoms with Gasteiger partial charge in [-0.15, -0.1) is 0 Å². The Balaban J connectivity index is 3.08. The van der Waals surface area contributed by atoms with E-state index in [4.69, 9.17) is 7.10 Å². The van der Waals surface area contributed by atoms with Crippen LogP contribution in [0.2, 0.25) is 0 Å². The summed E-state index contributed by atoms with van der Waals surface area (Å²) in [5.74, 6) is 0. The molecule has 0 bridgehead atoms. The number of hydrogen-bond donors (Lipinski definition) is 1. The van der Waals surface area contributed by atoms with Gasteiger partial charge in [0.15, 0.2) is 0 Å². The van der Waals surface area contributed by atoms with Crippen molar-refractivity contribution in [1.29, 1.82) is 0 Å². The first kappa shape index (κ1) is 3.02. The minimum absolute atomic E-state index is 0.213. The summed E-state index contributed by atoms with van der Waals surface area (Å²) in [7, 11) is 0. The maximum absolute atomic E-state index is 6.94. The maximum atomic E-state index is 6.94. The van der Waals surface area contributed by atoms with Gasteiger partial charge in [0.25, 0.3) is 0 Å². The van der Waals surface area contributed by atoms with Crippen molar-refractivity contribution >= 4 is 5.69 Å². The van der Waals surface area contributed by atoms with Gasteiger partial charge in [0.2, 0.25) is 0 Å². The number of anilines is 1. The quantitative estimate of drug-likeness (QED) is 0.514. The average molecular weight is 95.1 g/mol. The summed E-state index contributed by atoms with van der Waals surface area (Å²) in [5, 5.41) is 0. The normalized spacial score (nSPS) is 10.6. The molecule has 0 radical (unpaired) electrons. The van der Waals surface area contributed by atoms with E-state index in [2.05, 4.69) is 4.98 Å². The van der Waals surface area contributed by atoms with Crippen LogP contribution >= 0.6 is 0 Å². The molecule has 0 saturated heterocycles. The Kier molecular flexibility index (Phi) is 0.689. The molecule has 1 heterocycles. The van der Waals surface area contributed by atoms with Crippen molar-refractivity contribution < 1.29 is 1.37 Å². The lowest BCUT2D eigenvalue weighted by Gasteiger charge is -1.83. The van der Waals surface area contributed by atoms with Gasteiger partial charge in [0.1, 0.15) is 0 Å². The molecular weight excluding hydrogens is 88.1 g/mol. The Bertz CT molecular complexity index is 170. The Labute approximate surface area is 43.4 Å². The number of rotatable bonds is 0.